The Morgan fingerprint density at radius 2 is 2.09 bits per heavy atom. The quantitative estimate of drug-likeness (QED) is 0.616. The Morgan fingerprint density at radius 1 is 1.36 bits per heavy atom. The third kappa shape index (κ3) is 2.00. The maximum absolute atomic E-state index is 12.8. The zero-order valence-corrected chi connectivity index (χ0v) is 6.27. The summed E-state index contributed by atoms with van der Waals surface area (Å²) in [6.45, 7) is 1.91. The average Bonchev–Trinajstić information content (AvgIpc) is 1.95. The van der Waals surface area contributed by atoms with E-state index in [1.807, 2.05) is 6.92 Å². The Hall–Kier alpha value is -0.920. The largest absolute Gasteiger partial charge is 0.207 e. The van der Waals surface area contributed by atoms with Crippen LogP contribution >= 0.6 is 0 Å². The van der Waals surface area contributed by atoms with Crippen molar-refractivity contribution in [1.29, 1.82) is 0 Å². The molecule has 0 aliphatic heterocycles. The van der Waals surface area contributed by atoms with Crippen LogP contribution in [0.5, 0.6) is 0 Å². The normalized spacial score (nSPS) is 10.1. The third-order valence-corrected chi connectivity index (χ3v) is 1.39. The van der Waals surface area contributed by atoms with Crippen LogP contribution < -0.4 is 0 Å². The Bertz CT molecular complexity index is 243. The van der Waals surface area contributed by atoms with Crippen LogP contribution in [0, 0.1) is 18.1 Å². The van der Waals surface area contributed by atoms with Crippen LogP contribution in [0.1, 0.15) is 18.9 Å². The second-order valence-corrected chi connectivity index (χ2v) is 2.28. The minimum atomic E-state index is -0.532. The molecule has 0 unspecified atom stereocenters. The van der Waals surface area contributed by atoms with Gasteiger partial charge in [-0.15, -0.1) is 0 Å². The van der Waals surface area contributed by atoms with Gasteiger partial charge in [-0.1, -0.05) is 13.0 Å². The first kappa shape index (κ1) is 8.18. The average molecular weight is 155 g/mol. The number of halogens is 2. The van der Waals surface area contributed by atoms with Gasteiger partial charge in [0.1, 0.15) is 11.6 Å². The fourth-order valence-electron chi connectivity index (χ4n) is 0.887. The molecule has 11 heavy (non-hydrogen) atoms. The van der Waals surface area contributed by atoms with Crippen molar-refractivity contribution in [3.05, 3.63) is 41.8 Å². The van der Waals surface area contributed by atoms with E-state index in [0.717, 1.165) is 12.5 Å². The Balaban J connectivity index is 2.90. The van der Waals surface area contributed by atoms with E-state index in [9.17, 15) is 8.78 Å². The summed E-state index contributed by atoms with van der Waals surface area (Å²) in [5.41, 5.74) is 0.467. The molecule has 1 rings (SSSR count). The highest BCUT2D eigenvalue weighted by Crippen LogP contribution is 2.12. The van der Waals surface area contributed by atoms with E-state index in [1.54, 1.807) is 6.42 Å². The minimum Gasteiger partial charge on any atom is -0.207 e. The second kappa shape index (κ2) is 3.46. The van der Waals surface area contributed by atoms with E-state index in [-0.39, 0.29) is 0 Å². The molecule has 0 amide bonds. The first-order valence-corrected chi connectivity index (χ1v) is 3.52. The van der Waals surface area contributed by atoms with Gasteiger partial charge in [0.25, 0.3) is 0 Å². The summed E-state index contributed by atoms with van der Waals surface area (Å²) < 4.78 is 25.1. The lowest BCUT2D eigenvalue weighted by Crippen LogP contribution is -1.87. The molecule has 0 spiro atoms. The molecule has 1 aromatic rings. The van der Waals surface area contributed by atoms with Crippen molar-refractivity contribution in [3.8, 4) is 0 Å². The fraction of sp³-hybridized carbons (Fsp3) is 0.222. The van der Waals surface area contributed by atoms with E-state index < -0.39 is 11.6 Å². The molecular formula is C9H9F2. The van der Waals surface area contributed by atoms with Crippen LogP contribution in [0.15, 0.2) is 18.2 Å². The van der Waals surface area contributed by atoms with Gasteiger partial charge in [0.2, 0.25) is 0 Å². The van der Waals surface area contributed by atoms with E-state index in [4.69, 9.17) is 0 Å². The van der Waals surface area contributed by atoms with Crippen LogP contribution in [0.4, 0.5) is 8.78 Å². The second-order valence-electron chi connectivity index (χ2n) is 2.28. The van der Waals surface area contributed by atoms with Gasteiger partial charge in [0.15, 0.2) is 0 Å². The van der Waals surface area contributed by atoms with Crippen molar-refractivity contribution in [3.63, 3.8) is 0 Å². The molecule has 1 aromatic carbocycles. The van der Waals surface area contributed by atoms with Gasteiger partial charge in [0, 0.05) is 6.07 Å². The molecule has 0 bridgehead atoms. The van der Waals surface area contributed by atoms with Crippen LogP contribution in [-0.2, 0) is 0 Å². The van der Waals surface area contributed by atoms with E-state index >= 15 is 0 Å². The molecule has 1 radical (unpaired) electrons. The third-order valence-electron chi connectivity index (χ3n) is 1.39. The predicted octanol–water partition coefficient (Wildman–Crippen LogP) is 2.93. The number of hydrogen-bond donors (Lipinski definition) is 0. The van der Waals surface area contributed by atoms with Crippen molar-refractivity contribution in [2.24, 2.45) is 0 Å². The molecule has 0 nitrogen and oxygen atoms in total. The highest BCUT2D eigenvalue weighted by molar-refractivity contribution is 5.24. The fourth-order valence-corrected chi connectivity index (χ4v) is 0.887. The lowest BCUT2D eigenvalue weighted by atomic mass is 10.1. The molecule has 0 heterocycles. The number of rotatable bonds is 2. The highest BCUT2D eigenvalue weighted by atomic mass is 19.1. The predicted molar refractivity (Wildman–Crippen MR) is 40.1 cm³/mol. The highest BCUT2D eigenvalue weighted by Gasteiger charge is 2.01. The lowest BCUT2D eigenvalue weighted by molar-refractivity contribution is 0.578. The molecule has 0 aliphatic rings. The SMILES string of the molecule is CC[CH]c1ccc(F)cc1F. The van der Waals surface area contributed by atoms with Crippen LogP contribution in [0.3, 0.4) is 0 Å². The van der Waals surface area contributed by atoms with E-state index in [0.29, 0.717) is 5.56 Å². The molecule has 0 aliphatic carbocycles. The molecule has 59 valence electrons. The van der Waals surface area contributed by atoms with Gasteiger partial charge >= 0.3 is 0 Å². The van der Waals surface area contributed by atoms with Crippen molar-refractivity contribution in [2.75, 3.05) is 0 Å². The number of hydrogen-bond acceptors (Lipinski definition) is 0. The summed E-state index contributed by atoms with van der Waals surface area (Å²) in [7, 11) is 0. The molecule has 0 fully saturated rings. The smallest absolute Gasteiger partial charge is 0.129 e. The maximum Gasteiger partial charge on any atom is 0.129 e. The number of benzene rings is 1. The Labute approximate surface area is 64.9 Å². The topological polar surface area (TPSA) is 0 Å². The summed E-state index contributed by atoms with van der Waals surface area (Å²) in [5.74, 6) is -1.03. The van der Waals surface area contributed by atoms with Crippen LogP contribution in [0.2, 0.25) is 0 Å². The van der Waals surface area contributed by atoms with Crippen molar-refractivity contribution >= 4 is 0 Å². The molecule has 0 aromatic heterocycles. The summed E-state index contributed by atoms with van der Waals surface area (Å²) in [4.78, 5) is 0. The molecule has 0 saturated carbocycles. The first-order valence-electron chi connectivity index (χ1n) is 3.52. The monoisotopic (exact) mass is 155 g/mol. The van der Waals surface area contributed by atoms with Crippen molar-refractivity contribution in [2.45, 2.75) is 13.3 Å². The molecule has 0 N–H and O–H groups in total. The van der Waals surface area contributed by atoms with Gasteiger partial charge < -0.3 is 0 Å². The van der Waals surface area contributed by atoms with Gasteiger partial charge in [-0.2, -0.15) is 0 Å². The van der Waals surface area contributed by atoms with E-state index in [2.05, 4.69) is 0 Å². The summed E-state index contributed by atoms with van der Waals surface area (Å²) in [6.07, 6.45) is 2.47. The summed E-state index contributed by atoms with van der Waals surface area (Å²) in [6, 6.07) is 3.58. The first-order chi connectivity index (χ1) is 5.24. The maximum atomic E-state index is 12.8. The molecular weight excluding hydrogens is 146 g/mol. The van der Waals surface area contributed by atoms with Gasteiger partial charge in [-0.3, -0.25) is 0 Å². The van der Waals surface area contributed by atoms with Crippen molar-refractivity contribution < 1.29 is 8.78 Å². The zero-order valence-electron chi connectivity index (χ0n) is 6.27. The van der Waals surface area contributed by atoms with Gasteiger partial charge in [-0.05, 0) is 24.5 Å². The van der Waals surface area contributed by atoms with Crippen LogP contribution in [0.25, 0.3) is 0 Å². The zero-order chi connectivity index (χ0) is 8.27. The van der Waals surface area contributed by atoms with Gasteiger partial charge in [0.05, 0.1) is 0 Å². The molecule has 0 atom stereocenters. The summed E-state index contributed by atoms with van der Waals surface area (Å²) >= 11 is 0. The molecule has 2 heteroatoms. The lowest BCUT2D eigenvalue weighted by Gasteiger charge is -1.98. The Kier molecular flexibility index (Phi) is 2.58. The van der Waals surface area contributed by atoms with Crippen molar-refractivity contribution in [1.82, 2.24) is 0 Å². The van der Waals surface area contributed by atoms with Gasteiger partial charge in [-0.25, -0.2) is 8.78 Å². The minimum absolute atomic E-state index is 0.467. The standard InChI is InChI=1S/C9H9F2/c1-2-3-7-4-5-8(10)6-9(7)11/h3-6H,2H2,1H3. The Morgan fingerprint density at radius 3 is 2.64 bits per heavy atom. The molecule has 0 saturated heterocycles. The van der Waals surface area contributed by atoms with Crippen LogP contribution in [-0.4, -0.2) is 0 Å². The van der Waals surface area contributed by atoms with E-state index in [1.165, 1.54) is 12.1 Å². The summed E-state index contributed by atoms with van der Waals surface area (Å²) in [5, 5.41) is 0.